The lowest BCUT2D eigenvalue weighted by atomic mass is 10.2. The minimum Gasteiger partial charge on any atom is -0.378 e. The van der Waals surface area contributed by atoms with Crippen molar-refractivity contribution in [3.8, 4) is 11.4 Å². The van der Waals surface area contributed by atoms with Crippen LogP contribution in [0, 0.1) is 0 Å². The predicted octanol–water partition coefficient (Wildman–Crippen LogP) is 2.56. The normalized spacial score (nSPS) is 16.9. The Morgan fingerprint density at radius 1 is 0.778 bits per heavy atom. The van der Waals surface area contributed by atoms with Gasteiger partial charge in [0, 0.05) is 62.1 Å². The van der Waals surface area contributed by atoms with Crippen LogP contribution in [0.1, 0.15) is 6.42 Å². The summed E-state index contributed by atoms with van der Waals surface area (Å²) in [7, 11) is 2.15. The van der Waals surface area contributed by atoms with Crippen molar-refractivity contribution in [2.75, 3.05) is 80.0 Å². The van der Waals surface area contributed by atoms with Gasteiger partial charge in [-0.1, -0.05) is 0 Å². The molecule has 2 aliphatic heterocycles. The number of morpholine rings is 1. The number of aromatic nitrogens is 4. The van der Waals surface area contributed by atoms with Crippen LogP contribution >= 0.6 is 0 Å². The fraction of sp³-hybridized carbons (Fsp3) is 0.400. The topological polar surface area (TPSA) is 112 Å². The molecule has 2 N–H and O–H groups in total. The van der Waals surface area contributed by atoms with Gasteiger partial charge in [0.2, 0.25) is 11.9 Å². The van der Waals surface area contributed by atoms with E-state index in [1.54, 1.807) is 24.5 Å². The number of urea groups is 1. The van der Waals surface area contributed by atoms with Gasteiger partial charge in [0.15, 0.2) is 5.82 Å². The molecule has 1 aromatic carbocycles. The zero-order valence-corrected chi connectivity index (χ0v) is 20.4. The molecule has 2 fully saturated rings. The number of amides is 2. The van der Waals surface area contributed by atoms with Crippen molar-refractivity contribution in [3.63, 3.8) is 0 Å². The van der Waals surface area contributed by atoms with Crippen molar-refractivity contribution in [2.24, 2.45) is 0 Å². The van der Waals surface area contributed by atoms with E-state index < -0.39 is 0 Å². The number of pyridine rings is 1. The van der Waals surface area contributed by atoms with E-state index in [4.69, 9.17) is 19.7 Å². The van der Waals surface area contributed by atoms with Gasteiger partial charge in [0.1, 0.15) is 0 Å². The minimum absolute atomic E-state index is 0.322. The zero-order chi connectivity index (χ0) is 24.7. The van der Waals surface area contributed by atoms with Crippen molar-refractivity contribution >= 4 is 29.3 Å². The van der Waals surface area contributed by atoms with Crippen LogP contribution in [0.15, 0.2) is 48.8 Å². The smallest absolute Gasteiger partial charge is 0.323 e. The number of likely N-dealkylation sites (N-methyl/N-ethyl adjacent to an activating group) is 1. The number of nitrogens with zero attached hydrogens (tertiary/aromatic N) is 7. The molecule has 0 radical (unpaired) electrons. The Morgan fingerprint density at radius 2 is 1.42 bits per heavy atom. The third-order valence-corrected chi connectivity index (χ3v) is 6.25. The van der Waals surface area contributed by atoms with E-state index in [2.05, 4.69) is 37.4 Å². The second-order valence-electron chi connectivity index (χ2n) is 8.89. The van der Waals surface area contributed by atoms with Crippen molar-refractivity contribution < 1.29 is 9.53 Å². The second kappa shape index (κ2) is 11.3. The van der Waals surface area contributed by atoms with Gasteiger partial charge in [0.25, 0.3) is 0 Å². The van der Waals surface area contributed by atoms with Gasteiger partial charge in [-0.15, -0.1) is 0 Å². The molecule has 11 nitrogen and oxygen atoms in total. The van der Waals surface area contributed by atoms with E-state index in [-0.39, 0.29) is 6.03 Å². The monoisotopic (exact) mass is 489 g/mol. The molecule has 5 rings (SSSR count). The third-order valence-electron chi connectivity index (χ3n) is 6.25. The summed E-state index contributed by atoms with van der Waals surface area (Å²) in [5.74, 6) is 2.00. The molecule has 0 unspecified atom stereocenters. The van der Waals surface area contributed by atoms with Gasteiger partial charge in [-0.2, -0.15) is 15.0 Å². The highest BCUT2D eigenvalue weighted by Crippen LogP contribution is 2.24. The lowest BCUT2D eigenvalue weighted by Crippen LogP contribution is -2.38. The highest BCUT2D eigenvalue weighted by Gasteiger charge is 2.21. The number of rotatable bonds is 5. The van der Waals surface area contributed by atoms with Gasteiger partial charge < -0.3 is 30.1 Å². The number of anilines is 4. The van der Waals surface area contributed by atoms with Gasteiger partial charge in [-0.3, -0.25) is 4.98 Å². The molecular formula is C25H31N9O2. The average Bonchev–Trinajstić information content (AvgIpc) is 3.14. The molecule has 2 aromatic heterocycles. The molecule has 36 heavy (non-hydrogen) atoms. The lowest BCUT2D eigenvalue weighted by Gasteiger charge is -2.28. The molecule has 2 saturated heterocycles. The maximum absolute atomic E-state index is 12.3. The number of ether oxygens (including phenoxy) is 1. The summed E-state index contributed by atoms with van der Waals surface area (Å²) in [4.78, 5) is 37.5. The molecule has 2 aliphatic rings. The molecule has 0 aliphatic carbocycles. The molecule has 2 amide bonds. The van der Waals surface area contributed by atoms with Crippen molar-refractivity contribution in [2.45, 2.75) is 6.42 Å². The Labute approximate surface area is 210 Å². The van der Waals surface area contributed by atoms with Crippen LogP contribution in [0.2, 0.25) is 0 Å². The molecule has 0 bridgehead atoms. The number of carbonyl (C=O) groups is 1. The van der Waals surface area contributed by atoms with Gasteiger partial charge >= 0.3 is 6.03 Å². The quantitative estimate of drug-likeness (QED) is 0.558. The van der Waals surface area contributed by atoms with E-state index in [9.17, 15) is 4.79 Å². The van der Waals surface area contributed by atoms with Crippen LogP contribution in [-0.2, 0) is 4.74 Å². The highest BCUT2D eigenvalue weighted by atomic mass is 16.5. The third kappa shape index (κ3) is 6.04. The highest BCUT2D eigenvalue weighted by molar-refractivity contribution is 5.99. The first-order chi connectivity index (χ1) is 17.6. The predicted molar refractivity (Wildman–Crippen MR) is 140 cm³/mol. The summed E-state index contributed by atoms with van der Waals surface area (Å²) < 4.78 is 5.52. The first-order valence-corrected chi connectivity index (χ1v) is 12.2. The first-order valence-electron chi connectivity index (χ1n) is 12.2. The summed E-state index contributed by atoms with van der Waals surface area (Å²) in [6.45, 7) is 6.63. The number of hydrogen-bond acceptors (Lipinski definition) is 9. The van der Waals surface area contributed by atoms with Crippen LogP contribution < -0.4 is 20.4 Å². The van der Waals surface area contributed by atoms with Crippen molar-refractivity contribution in [3.05, 3.63) is 48.8 Å². The maximum Gasteiger partial charge on any atom is 0.323 e. The first kappa shape index (κ1) is 23.9. The Kier molecular flexibility index (Phi) is 7.48. The standard InChI is InChI=1S/C25H31N9O2/c1-32-11-2-12-33(14-13-32)23-29-22(30-24(31-23)34-15-17-36-18-16-34)19-3-5-20(6-4-19)27-25(35)28-21-7-9-26-10-8-21/h3-10H,2,11-18H2,1H3,(H2,26,27,28,35). The second-order valence-corrected chi connectivity index (χ2v) is 8.89. The Bertz CT molecular complexity index is 1150. The largest absolute Gasteiger partial charge is 0.378 e. The molecule has 188 valence electrons. The molecular weight excluding hydrogens is 458 g/mol. The van der Waals surface area contributed by atoms with E-state index in [0.29, 0.717) is 42.3 Å². The molecule has 0 saturated carbocycles. The number of hydrogen-bond donors (Lipinski definition) is 2. The van der Waals surface area contributed by atoms with E-state index in [0.717, 1.165) is 51.3 Å². The molecule has 0 atom stereocenters. The Balaban J connectivity index is 1.36. The van der Waals surface area contributed by atoms with Crippen molar-refractivity contribution in [1.29, 1.82) is 0 Å². The van der Waals surface area contributed by atoms with E-state index in [1.165, 1.54) is 0 Å². The van der Waals surface area contributed by atoms with Gasteiger partial charge in [-0.25, -0.2) is 4.79 Å². The average molecular weight is 490 g/mol. The fourth-order valence-electron chi connectivity index (χ4n) is 4.21. The van der Waals surface area contributed by atoms with Crippen LogP contribution in [0.4, 0.5) is 28.1 Å². The summed E-state index contributed by atoms with van der Waals surface area (Å²) in [5.41, 5.74) is 2.20. The molecule has 11 heteroatoms. The van der Waals surface area contributed by atoms with Crippen LogP contribution in [0.3, 0.4) is 0 Å². The number of benzene rings is 1. The number of nitrogens with one attached hydrogen (secondary N) is 2. The minimum atomic E-state index is -0.322. The van der Waals surface area contributed by atoms with Crippen LogP contribution in [0.5, 0.6) is 0 Å². The fourth-order valence-corrected chi connectivity index (χ4v) is 4.21. The summed E-state index contributed by atoms with van der Waals surface area (Å²) in [5, 5.41) is 5.63. The van der Waals surface area contributed by atoms with Crippen LogP contribution in [-0.4, -0.2) is 90.4 Å². The number of carbonyl (C=O) groups excluding carboxylic acids is 1. The zero-order valence-electron chi connectivity index (χ0n) is 20.4. The SMILES string of the molecule is CN1CCCN(c2nc(-c3ccc(NC(=O)Nc4ccncc4)cc3)nc(N3CCOCC3)n2)CC1. The summed E-state index contributed by atoms with van der Waals surface area (Å²) in [6.07, 6.45) is 4.32. The van der Waals surface area contributed by atoms with Crippen LogP contribution in [0.25, 0.3) is 11.4 Å². The van der Waals surface area contributed by atoms with E-state index >= 15 is 0 Å². The van der Waals surface area contributed by atoms with Gasteiger partial charge in [-0.05, 0) is 56.4 Å². The van der Waals surface area contributed by atoms with E-state index in [1.807, 2.05) is 24.3 Å². The molecule has 3 aromatic rings. The molecule has 4 heterocycles. The van der Waals surface area contributed by atoms with Gasteiger partial charge in [0.05, 0.1) is 13.2 Å². The summed E-state index contributed by atoms with van der Waals surface area (Å²) in [6, 6.07) is 10.7. The Hall–Kier alpha value is -3.83. The Morgan fingerprint density at radius 3 is 2.11 bits per heavy atom. The lowest BCUT2D eigenvalue weighted by molar-refractivity contribution is 0.122. The summed E-state index contributed by atoms with van der Waals surface area (Å²) >= 11 is 0. The van der Waals surface area contributed by atoms with Crippen molar-refractivity contribution in [1.82, 2.24) is 24.8 Å². The maximum atomic E-state index is 12.3. The molecule has 0 spiro atoms.